The predicted molar refractivity (Wildman–Crippen MR) is 81.8 cm³/mol. The zero-order chi connectivity index (χ0) is 14.4. The summed E-state index contributed by atoms with van der Waals surface area (Å²) in [6.45, 7) is 2.66. The number of nitrogens with zero attached hydrogens (tertiary/aromatic N) is 1. The van der Waals surface area contributed by atoms with Crippen LogP contribution in [0, 0.1) is 0 Å². The van der Waals surface area contributed by atoms with Crippen molar-refractivity contribution >= 4 is 21.8 Å². The maximum absolute atomic E-state index is 11.3. The summed E-state index contributed by atoms with van der Waals surface area (Å²) in [6, 6.07) is 8.12. The maximum Gasteiger partial charge on any atom is 0.221 e. The highest BCUT2D eigenvalue weighted by atomic mass is 79.9. The van der Waals surface area contributed by atoms with Gasteiger partial charge in [-0.05, 0) is 25.6 Å². The highest BCUT2D eigenvalue weighted by molar-refractivity contribution is 9.10. The van der Waals surface area contributed by atoms with Gasteiger partial charge in [0.15, 0.2) is 0 Å². The first-order valence-corrected chi connectivity index (χ1v) is 7.17. The zero-order valence-electron chi connectivity index (χ0n) is 11.7. The van der Waals surface area contributed by atoms with Crippen LogP contribution >= 0.6 is 15.9 Å². The quantitative estimate of drug-likeness (QED) is 0.839. The van der Waals surface area contributed by atoms with Gasteiger partial charge in [0.2, 0.25) is 5.91 Å². The fourth-order valence-electron chi connectivity index (χ4n) is 2.18. The molecular formula is C14H22BrN3O. The first kappa shape index (κ1) is 16.1. The Morgan fingerprint density at radius 1 is 1.47 bits per heavy atom. The van der Waals surface area contributed by atoms with Gasteiger partial charge in [-0.2, -0.15) is 0 Å². The summed E-state index contributed by atoms with van der Waals surface area (Å²) in [4.78, 5) is 13.5. The van der Waals surface area contributed by atoms with Crippen molar-refractivity contribution in [2.24, 2.45) is 5.73 Å². The van der Waals surface area contributed by atoms with E-state index in [9.17, 15) is 4.79 Å². The van der Waals surface area contributed by atoms with E-state index in [2.05, 4.69) is 32.2 Å². The second-order valence-corrected chi connectivity index (χ2v) is 5.58. The molecule has 1 rings (SSSR count). The van der Waals surface area contributed by atoms with E-state index in [1.54, 1.807) is 7.05 Å². The van der Waals surface area contributed by atoms with Gasteiger partial charge in [-0.1, -0.05) is 34.1 Å². The van der Waals surface area contributed by atoms with E-state index in [1.807, 2.05) is 32.2 Å². The van der Waals surface area contributed by atoms with E-state index in [0.717, 1.165) is 10.0 Å². The number of carbonyl (C=O) groups excluding carboxylic acids is 1. The number of nitrogens with two attached hydrogens (primary N) is 1. The molecular weight excluding hydrogens is 306 g/mol. The van der Waals surface area contributed by atoms with Gasteiger partial charge in [-0.25, -0.2) is 0 Å². The van der Waals surface area contributed by atoms with Crippen LogP contribution in [0.1, 0.15) is 24.9 Å². The molecule has 5 heteroatoms. The molecule has 1 aromatic carbocycles. The maximum atomic E-state index is 11.3. The Morgan fingerprint density at radius 2 is 2.11 bits per heavy atom. The summed E-state index contributed by atoms with van der Waals surface area (Å²) in [7, 11) is 3.65. The lowest BCUT2D eigenvalue weighted by molar-refractivity contribution is -0.121. The molecule has 19 heavy (non-hydrogen) atoms. The van der Waals surface area contributed by atoms with Crippen LogP contribution in [0.4, 0.5) is 0 Å². The van der Waals surface area contributed by atoms with E-state index in [1.165, 1.54) is 0 Å². The second kappa shape index (κ2) is 7.62. The highest BCUT2D eigenvalue weighted by Gasteiger charge is 2.23. The molecule has 3 N–H and O–H groups in total. The SMILES string of the molecule is CNC(=O)CCN(C)C(c1ccccc1Br)C(C)N. The Bertz CT molecular complexity index is 423. The summed E-state index contributed by atoms with van der Waals surface area (Å²) in [6.07, 6.45) is 0.473. The van der Waals surface area contributed by atoms with Crippen molar-refractivity contribution in [3.8, 4) is 0 Å². The Labute approximate surface area is 123 Å². The van der Waals surface area contributed by atoms with Crippen molar-refractivity contribution in [2.45, 2.75) is 25.4 Å². The lowest BCUT2D eigenvalue weighted by Gasteiger charge is -2.32. The predicted octanol–water partition coefficient (Wildman–Crippen LogP) is 1.91. The van der Waals surface area contributed by atoms with Gasteiger partial charge < -0.3 is 11.1 Å². The van der Waals surface area contributed by atoms with Crippen LogP contribution in [0.3, 0.4) is 0 Å². The molecule has 0 bridgehead atoms. The number of hydrogen-bond acceptors (Lipinski definition) is 3. The third kappa shape index (κ3) is 4.60. The number of benzene rings is 1. The van der Waals surface area contributed by atoms with E-state index in [-0.39, 0.29) is 18.0 Å². The first-order valence-electron chi connectivity index (χ1n) is 6.38. The summed E-state index contributed by atoms with van der Waals surface area (Å²) in [5, 5.41) is 2.63. The Balaban J connectivity index is 2.83. The van der Waals surface area contributed by atoms with Crippen LogP contribution in [0.2, 0.25) is 0 Å². The van der Waals surface area contributed by atoms with E-state index < -0.39 is 0 Å². The summed E-state index contributed by atoms with van der Waals surface area (Å²) < 4.78 is 1.05. The van der Waals surface area contributed by atoms with Crippen molar-refractivity contribution in [3.63, 3.8) is 0 Å². The molecule has 0 radical (unpaired) electrons. The van der Waals surface area contributed by atoms with Crippen LogP contribution in [0.25, 0.3) is 0 Å². The van der Waals surface area contributed by atoms with Crippen LogP contribution < -0.4 is 11.1 Å². The second-order valence-electron chi connectivity index (χ2n) is 4.73. The molecule has 0 aliphatic rings. The number of rotatable bonds is 6. The minimum Gasteiger partial charge on any atom is -0.359 e. The standard InChI is InChI=1S/C14H22BrN3O/c1-10(16)14(11-6-4-5-7-12(11)15)18(3)9-8-13(19)17-2/h4-7,10,14H,8-9,16H2,1-3H3,(H,17,19). The van der Waals surface area contributed by atoms with Crippen molar-refractivity contribution in [1.29, 1.82) is 0 Å². The molecule has 0 saturated heterocycles. The van der Waals surface area contributed by atoms with Gasteiger partial charge in [0, 0.05) is 30.5 Å². The topological polar surface area (TPSA) is 58.4 Å². The fourth-order valence-corrected chi connectivity index (χ4v) is 2.70. The lowest BCUT2D eigenvalue weighted by Crippen LogP contribution is -2.39. The van der Waals surface area contributed by atoms with Crippen molar-refractivity contribution in [2.75, 3.05) is 20.6 Å². The smallest absolute Gasteiger partial charge is 0.221 e. The van der Waals surface area contributed by atoms with E-state index in [0.29, 0.717) is 13.0 Å². The Hall–Kier alpha value is -0.910. The largest absolute Gasteiger partial charge is 0.359 e. The van der Waals surface area contributed by atoms with Gasteiger partial charge in [-0.15, -0.1) is 0 Å². The molecule has 2 atom stereocenters. The van der Waals surface area contributed by atoms with Crippen molar-refractivity contribution < 1.29 is 4.79 Å². The molecule has 0 heterocycles. The van der Waals surface area contributed by atoms with Crippen LogP contribution in [-0.4, -0.2) is 37.5 Å². The molecule has 0 fully saturated rings. The molecule has 1 aromatic rings. The van der Waals surface area contributed by atoms with Crippen molar-refractivity contribution in [1.82, 2.24) is 10.2 Å². The average molecular weight is 328 g/mol. The minimum atomic E-state index is -0.0200. The fraction of sp³-hybridized carbons (Fsp3) is 0.500. The Morgan fingerprint density at radius 3 is 2.63 bits per heavy atom. The van der Waals surface area contributed by atoms with Gasteiger partial charge in [0.05, 0.1) is 6.04 Å². The molecule has 0 spiro atoms. The number of hydrogen-bond donors (Lipinski definition) is 2. The number of amides is 1. The monoisotopic (exact) mass is 327 g/mol. The summed E-state index contributed by atoms with van der Waals surface area (Å²) in [5.41, 5.74) is 7.26. The highest BCUT2D eigenvalue weighted by Crippen LogP contribution is 2.29. The molecule has 0 aliphatic carbocycles. The number of nitrogens with one attached hydrogen (secondary N) is 1. The zero-order valence-corrected chi connectivity index (χ0v) is 13.3. The molecule has 106 valence electrons. The van der Waals surface area contributed by atoms with Gasteiger partial charge in [0.1, 0.15) is 0 Å². The number of likely N-dealkylation sites (N-methyl/N-ethyl adjacent to an activating group) is 1. The van der Waals surface area contributed by atoms with Crippen LogP contribution in [0.5, 0.6) is 0 Å². The first-order chi connectivity index (χ1) is 8.97. The Kier molecular flexibility index (Phi) is 6.48. The number of halogens is 1. The molecule has 0 saturated carbocycles. The van der Waals surface area contributed by atoms with E-state index >= 15 is 0 Å². The summed E-state index contributed by atoms with van der Waals surface area (Å²) in [5.74, 6) is 0.0439. The van der Waals surface area contributed by atoms with Gasteiger partial charge >= 0.3 is 0 Å². The van der Waals surface area contributed by atoms with Crippen LogP contribution in [0.15, 0.2) is 28.7 Å². The van der Waals surface area contributed by atoms with Gasteiger partial charge in [0.25, 0.3) is 0 Å². The minimum absolute atomic E-state index is 0.0200. The number of carbonyl (C=O) groups is 1. The lowest BCUT2D eigenvalue weighted by atomic mass is 9.99. The third-order valence-corrected chi connectivity index (χ3v) is 3.89. The average Bonchev–Trinajstić information content (AvgIpc) is 2.38. The summed E-state index contributed by atoms with van der Waals surface area (Å²) >= 11 is 3.57. The molecule has 4 nitrogen and oxygen atoms in total. The molecule has 1 amide bonds. The van der Waals surface area contributed by atoms with E-state index in [4.69, 9.17) is 5.73 Å². The molecule has 0 aliphatic heterocycles. The normalized spacial score (nSPS) is 14.2. The third-order valence-electron chi connectivity index (χ3n) is 3.17. The van der Waals surface area contributed by atoms with Gasteiger partial charge in [-0.3, -0.25) is 9.69 Å². The van der Waals surface area contributed by atoms with Crippen LogP contribution in [-0.2, 0) is 4.79 Å². The molecule has 2 unspecified atom stereocenters. The van der Waals surface area contributed by atoms with Crippen molar-refractivity contribution in [3.05, 3.63) is 34.3 Å². The molecule has 0 aromatic heterocycles.